The molecule has 0 fully saturated rings. The number of rotatable bonds is 7. The van der Waals surface area contributed by atoms with Gasteiger partial charge in [-0.2, -0.15) is 0 Å². The van der Waals surface area contributed by atoms with Gasteiger partial charge in [0.05, 0.1) is 11.6 Å². The molecule has 26 heavy (non-hydrogen) atoms. The predicted octanol–water partition coefficient (Wildman–Crippen LogP) is 5.68. The summed E-state index contributed by atoms with van der Waals surface area (Å²) in [5, 5.41) is 2.64. The highest BCUT2D eigenvalue weighted by Gasteiger charge is 2.09. The van der Waals surface area contributed by atoms with Crippen LogP contribution in [-0.2, 0) is 16.0 Å². The molecule has 0 unspecified atom stereocenters. The van der Waals surface area contributed by atoms with Gasteiger partial charge in [-0.05, 0) is 54.8 Å². The maximum absolute atomic E-state index is 11.8. The molecule has 0 aliphatic heterocycles. The van der Waals surface area contributed by atoms with E-state index in [1.54, 1.807) is 18.2 Å². The third kappa shape index (κ3) is 4.85. The third-order valence-electron chi connectivity index (χ3n) is 3.82. The lowest BCUT2D eigenvalue weighted by molar-refractivity contribution is -0.146. The predicted molar refractivity (Wildman–Crippen MR) is 105 cm³/mol. The van der Waals surface area contributed by atoms with Gasteiger partial charge in [0.1, 0.15) is 5.75 Å². The van der Waals surface area contributed by atoms with Gasteiger partial charge < -0.3 is 14.5 Å². The molecule has 0 amide bonds. The number of aromatic amines is 1. The SMILES string of the molecule is O=C(COc1ccc(Cl)cc1Cl)OCCCc1c[nH]c2ccc(Cl)cc12. The number of carbonyl (C=O) groups excluding carboxylic acids is 1. The van der Waals surface area contributed by atoms with E-state index in [9.17, 15) is 4.79 Å². The first kappa shape index (κ1) is 18.9. The van der Waals surface area contributed by atoms with Crippen LogP contribution in [0.2, 0.25) is 15.1 Å². The van der Waals surface area contributed by atoms with Crippen LogP contribution >= 0.6 is 34.8 Å². The molecule has 4 nitrogen and oxygen atoms in total. The van der Waals surface area contributed by atoms with Crippen LogP contribution in [0.5, 0.6) is 5.75 Å². The molecule has 0 saturated carbocycles. The summed E-state index contributed by atoms with van der Waals surface area (Å²) >= 11 is 17.8. The van der Waals surface area contributed by atoms with E-state index in [1.165, 1.54) is 0 Å². The summed E-state index contributed by atoms with van der Waals surface area (Å²) in [7, 11) is 0. The molecule has 3 rings (SSSR count). The van der Waals surface area contributed by atoms with Crippen LogP contribution in [0, 0.1) is 0 Å². The number of H-pyrrole nitrogens is 1. The number of hydrogen-bond donors (Lipinski definition) is 1. The molecule has 1 aromatic heterocycles. The van der Waals surface area contributed by atoms with Crippen LogP contribution in [0.15, 0.2) is 42.6 Å². The Labute approximate surface area is 166 Å². The first-order chi connectivity index (χ1) is 12.5. The molecule has 0 bridgehead atoms. The Morgan fingerprint density at radius 3 is 2.62 bits per heavy atom. The van der Waals surface area contributed by atoms with Gasteiger partial charge >= 0.3 is 5.97 Å². The van der Waals surface area contributed by atoms with E-state index >= 15 is 0 Å². The van der Waals surface area contributed by atoms with Gasteiger partial charge in [0, 0.05) is 27.1 Å². The van der Waals surface area contributed by atoms with Crippen LogP contribution < -0.4 is 4.74 Å². The molecule has 2 aromatic carbocycles. The first-order valence-corrected chi connectivity index (χ1v) is 9.15. The Morgan fingerprint density at radius 2 is 1.81 bits per heavy atom. The quantitative estimate of drug-likeness (QED) is 0.401. The van der Waals surface area contributed by atoms with E-state index in [-0.39, 0.29) is 6.61 Å². The Bertz CT molecular complexity index is 924. The molecule has 7 heteroatoms. The molecule has 0 saturated heterocycles. The zero-order valence-corrected chi connectivity index (χ0v) is 16.0. The summed E-state index contributed by atoms with van der Waals surface area (Å²) < 4.78 is 10.5. The number of halogens is 3. The van der Waals surface area contributed by atoms with Crippen molar-refractivity contribution >= 4 is 51.7 Å². The Balaban J connectivity index is 1.43. The molecule has 0 spiro atoms. The van der Waals surface area contributed by atoms with Gasteiger partial charge in [-0.3, -0.25) is 0 Å². The number of benzene rings is 2. The highest BCUT2D eigenvalue weighted by atomic mass is 35.5. The zero-order valence-electron chi connectivity index (χ0n) is 13.7. The Hall–Kier alpha value is -1.88. The van der Waals surface area contributed by atoms with Crippen LogP contribution in [0.3, 0.4) is 0 Å². The van der Waals surface area contributed by atoms with Gasteiger partial charge in [0.15, 0.2) is 6.61 Å². The highest BCUT2D eigenvalue weighted by Crippen LogP contribution is 2.27. The van der Waals surface area contributed by atoms with E-state index < -0.39 is 5.97 Å². The maximum atomic E-state index is 11.8. The molecule has 0 radical (unpaired) electrons. The second-order valence-corrected chi connectivity index (χ2v) is 6.97. The summed E-state index contributed by atoms with van der Waals surface area (Å²) in [5.74, 6) is -0.0540. The monoisotopic (exact) mass is 411 g/mol. The fourth-order valence-electron chi connectivity index (χ4n) is 2.58. The lowest BCUT2D eigenvalue weighted by Gasteiger charge is -2.08. The normalized spacial score (nSPS) is 10.9. The van der Waals surface area contributed by atoms with E-state index in [4.69, 9.17) is 44.3 Å². The summed E-state index contributed by atoms with van der Waals surface area (Å²) in [6, 6.07) is 10.5. The van der Waals surface area contributed by atoms with Crippen molar-refractivity contribution in [3.8, 4) is 5.75 Å². The molecule has 3 aromatic rings. The summed E-state index contributed by atoms with van der Waals surface area (Å²) in [5.41, 5.74) is 2.18. The average Bonchev–Trinajstić information content (AvgIpc) is 3.00. The third-order valence-corrected chi connectivity index (χ3v) is 4.59. The van der Waals surface area contributed by atoms with E-state index in [0.29, 0.717) is 33.8 Å². The topological polar surface area (TPSA) is 51.3 Å². The lowest BCUT2D eigenvalue weighted by Crippen LogP contribution is -2.15. The van der Waals surface area contributed by atoms with E-state index in [2.05, 4.69) is 4.98 Å². The van der Waals surface area contributed by atoms with Crippen molar-refractivity contribution in [3.05, 3.63) is 63.2 Å². The van der Waals surface area contributed by atoms with Gasteiger partial charge in [-0.15, -0.1) is 0 Å². The van der Waals surface area contributed by atoms with Crippen LogP contribution in [0.1, 0.15) is 12.0 Å². The number of nitrogens with one attached hydrogen (secondary N) is 1. The van der Waals surface area contributed by atoms with Crippen molar-refractivity contribution in [2.75, 3.05) is 13.2 Å². The van der Waals surface area contributed by atoms with Crippen molar-refractivity contribution in [2.24, 2.45) is 0 Å². The molecule has 136 valence electrons. The molecule has 0 aliphatic carbocycles. The second kappa shape index (κ2) is 8.67. The summed E-state index contributed by atoms with van der Waals surface area (Å²) in [4.78, 5) is 15.0. The fraction of sp³-hybridized carbons (Fsp3) is 0.211. The molecular weight excluding hydrogens is 397 g/mol. The minimum atomic E-state index is -0.446. The van der Waals surface area contributed by atoms with Crippen molar-refractivity contribution in [2.45, 2.75) is 12.8 Å². The van der Waals surface area contributed by atoms with Crippen molar-refractivity contribution in [3.63, 3.8) is 0 Å². The number of aryl methyl sites for hydroxylation is 1. The van der Waals surface area contributed by atoms with Crippen molar-refractivity contribution in [1.82, 2.24) is 4.98 Å². The van der Waals surface area contributed by atoms with E-state index in [0.717, 1.165) is 22.9 Å². The molecule has 1 heterocycles. The summed E-state index contributed by atoms with van der Waals surface area (Å²) in [6.07, 6.45) is 3.43. The first-order valence-electron chi connectivity index (χ1n) is 8.02. The van der Waals surface area contributed by atoms with E-state index in [1.807, 2.05) is 24.4 Å². The Morgan fingerprint density at radius 1 is 1.04 bits per heavy atom. The Kier molecular flexibility index (Phi) is 6.30. The lowest BCUT2D eigenvalue weighted by atomic mass is 10.1. The highest BCUT2D eigenvalue weighted by molar-refractivity contribution is 6.35. The van der Waals surface area contributed by atoms with Crippen LogP contribution in [0.4, 0.5) is 0 Å². The number of carbonyl (C=O) groups is 1. The standard InChI is InChI=1S/C19H16Cl3NO3/c20-13-3-5-17-15(8-13)12(10-23-17)2-1-7-25-19(24)11-26-18-6-4-14(21)9-16(18)22/h3-6,8-10,23H,1-2,7,11H2. The molecule has 0 aliphatic rings. The zero-order chi connectivity index (χ0) is 18.5. The van der Waals surface area contributed by atoms with Crippen molar-refractivity contribution in [1.29, 1.82) is 0 Å². The van der Waals surface area contributed by atoms with Crippen LogP contribution in [0.25, 0.3) is 10.9 Å². The maximum Gasteiger partial charge on any atom is 0.344 e. The fourth-order valence-corrected chi connectivity index (χ4v) is 3.21. The largest absolute Gasteiger partial charge is 0.480 e. The number of ether oxygens (including phenoxy) is 2. The average molecular weight is 413 g/mol. The van der Waals surface area contributed by atoms with Gasteiger partial charge in [0.25, 0.3) is 0 Å². The number of aromatic nitrogens is 1. The summed E-state index contributed by atoms with van der Waals surface area (Å²) in [6.45, 7) is 0.105. The number of esters is 1. The second-order valence-electron chi connectivity index (χ2n) is 5.69. The minimum Gasteiger partial charge on any atom is -0.480 e. The van der Waals surface area contributed by atoms with Gasteiger partial charge in [0.2, 0.25) is 0 Å². The molecular formula is C19H16Cl3NO3. The molecule has 0 atom stereocenters. The number of hydrogen-bond acceptors (Lipinski definition) is 3. The minimum absolute atomic E-state index is 0.204. The molecule has 1 N–H and O–H groups in total. The van der Waals surface area contributed by atoms with Crippen molar-refractivity contribution < 1.29 is 14.3 Å². The van der Waals surface area contributed by atoms with Crippen LogP contribution in [-0.4, -0.2) is 24.2 Å². The smallest absolute Gasteiger partial charge is 0.344 e. The van der Waals surface area contributed by atoms with Gasteiger partial charge in [-0.1, -0.05) is 34.8 Å². The number of fused-ring (bicyclic) bond motifs is 1. The van der Waals surface area contributed by atoms with Gasteiger partial charge in [-0.25, -0.2) is 4.79 Å².